The zero-order valence-electron chi connectivity index (χ0n) is 12.3. The number of rotatable bonds is 3. The smallest absolute Gasteiger partial charge is 0.0479 e. The van der Waals surface area contributed by atoms with Crippen LogP contribution in [-0.2, 0) is 0 Å². The molecule has 0 spiro atoms. The Morgan fingerprint density at radius 1 is 1.14 bits per heavy atom. The molecule has 2 aromatic carbocycles. The standard InChI is InChI=1S/C18H21BrN2/c1-14(16-8-5-9-17(19)12-16)21-11-10-20-13-18(21)15-6-3-2-4-7-15/h2-9,12,14,18,20H,10-11,13H2,1H3. The van der Waals surface area contributed by atoms with E-state index >= 15 is 0 Å². The van der Waals surface area contributed by atoms with Gasteiger partial charge in [-0.2, -0.15) is 0 Å². The van der Waals surface area contributed by atoms with Gasteiger partial charge in [0.2, 0.25) is 0 Å². The molecular formula is C18H21BrN2. The van der Waals surface area contributed by atoms with E-state index < -0.39 is 0 Å². The average molecular weight is 345 g/mol. The second-order valence-corrected chi connectivity index (χ2v) is 6.52. The number of piperazine rings is 1. The van der Waals surface area contributed by atoms with Gasteiger partial charge in [0.05, 0.1) is 0 Å². The summed E-state index contributed by atoms with van der Waals surface area (Å²) in [7, 11) is 0. The second kappa shape index (κ2) is 6.73. The predicted octanol–water partition coefficient (Wildman–Crippen LogP) is 4.16. The lowest BCUT2D eigenvalue weighted by Gasteiger charge is -2.40. The van der Waals surface area contributed by atoms with Crippen molar-refractivity contribution in [1.82, 2.24) is 10.2 Å². The molecule has 2 aromatic rings. The van der Waals surface area contributed by atoms with Crippen molar-refractivity contribution in [1.29, 1.82) is 0 Å². The summed E-state index contributed by atoms with van der Waals surface area (Å²) in [5.74, 6) is 0. The van der Waals surface area contributed by atoms with Crippen LogP contribution in [0.25, 0.3) is 0 Å². The first-order chi connectivity index (χ1) is 10.3. The minimum absolute atomic E-state index is 0.412. The summed E-state index contributed by atoms with van der Waals surface area (Å²) in [6, 6.07) is 20.3. The molecule has 3 heteroatoms. The van der Waals surface area contributed by atoms with Crippen LogP contribution in [0.4, 0.5) is 0 Å². The molecule has 1 saturated heterocycles. The Bertz CT molecular complexity index is 585. The molecule has 0 aromatic heterocycles. The van der Waals surface area contributed by atoms with E-state index in [1.165, 1.54) is 11.1 Å². The van der Waals surface area contributed by atoms with Crippen LogP contribution in [0.15, 0.2) is 59.1 Å². The fourth-order valence-electron chi connectivity index (χ4n) is 3.13. The van der Waals surface area contributed by atoms with E-state index in [0.717, 1.165) is 24.1 Å². The summed E-state index contributed by atoms with van der Waals surface area (Å²) in [4.78, 5) is 2.60. The summed E-state index contributed by atoms with van der Waals surface area (Å²) >= 11 is 3.58. The molecule has 0 aliphatic carbocycles. The number of nitrogens with one attached hydrogen (secondary N) is 1. The van der Waals surface area contributed by atoms with Gasteiger partial charge in [0, 0.05) is 36.2 Å². The molecule has 1 fully saturated rings. The van der Waals surface area contributed by atoms with E-state index in [9.17, 15) is 0 Å². The van der Waals surface area contributed by atoms with Crippen LogP contribution in [-0.4, -0.2) is 24.5 Å². The van der Waals surface area contributed by atoms with Gasteiger partial charge >= 0.3 is 0 Å². The molecule has 2 atom stereocenters. The lowest BCUT2D eigenvalue weighted by atomic mass is 9.98. The fraction of sp³-hybridized carbons (Fsp3) is 0.333. The van der Waals surface area contributed by atoms with Crippen molar-refractivity contribution in [3.63, 3.8) is 0 Å². The Morgan fingerprint density at radius 2 is 1.95 bits per heavy atom. The predicted molar refractivity (Wildman–Crippen MR) is 91.3 cm³/mol. The van der Waals surface area contributed by atoms with E-state index in [2.05, 4.69) is 87.7 Å². The highest BCUT2D eigenvalue weighted by molar-refractivity contribution is 9.10. The van der Waals surface area contributed by atoms with E-state index in [1.807, 2.05) is 0 Å². The number of nitrogens with zero attached hydrogens (tertiary/aromatic N) is 1. The molecule has 0 amide bonds. The van der Waals surface area contributed by atoms with E-state index in [0.29, 0.717) is 12.1 Å². The molecule has 2 nitrogen and oxygen atoms in total. The Balaban J connectivity index is 1.87. The third-order valence-electron chi connectivity index (χ3n) is 4.30. The largest absolute Gasteiger partial charge is 0.314 e. The summed E-state index contributed by atoms with van der Waals surface area (Å²) in [5, 5.41) is 3.53. The molecule has 1 aliphatic rings. The number of halogens is 1. The number of hydrogen-bond acceptors (Lipinski definition) is 2. The zero-order chi connectivity index (χ0) is 14.7. The highest BCUT2D eigenvalue weighted by Crippen LogP contribution is 2.32. The van der Waals surface area contributed by atoms with Crippen molar-refractivity contribution < 1.29 is 0 Å². The normalized spacial score (nSPS) is 21.1. The SMILES string of the molecule is CC(c1cccc(Br)c1)N1CCNCC1c1ccccc1. The van der Waals surface area contributed by atoms with Gasteiger partial charge in [0.1, 0.15) is 0 Å². The third kappa shape index (κ3) is 3.37. The van der Waals surface area contributed by atoms with Gasteiger partial charge < -0.3 is 5.32 Å². The molecule has 0 saturated carbocycles. The van der Waals surface area contributed by atoms with E-state index in [1.54, 1.807) is 0 Å². The third-order valence-corrected chi connectivity index (χ3v) is 4.79. The molecule has 2 unspecified atom stereocenters. The minimum Gasteiger partial charge on any atom is -0.314 e. The highest BCUT2D eigenvalue weighted by atomic mass is 79.9. The van der Waals surface area contributed by atoms with Crippen LogP contribution in [0, 0.1) is 0 Å². The van der Waals surface area contributed by atoms with Crippen molar-refractivity contribution in [3.05, 3.63) is 70.2 Å². The molecule has 1 N–H and O–H groups in total. The van der Waals surface area contributed by atoms with Crippen LogP contribution in [0.3, 0.4) is 0 Å². The molecule has 110 valence electrons. The molecule has 1 aliphatic heterocycles. The maximum Gasteiger partial charge on any atom is 0.0479 e. The van der Waals surface area contributed by atoms with Crippen molar-refractivity contribution in [2.45, 2.75) is 19.0 Å². The summed E-state index contributed by atoms with van der Waals surface area (Å²) in [5.41, 5.74) is 2.76. The maximum atomic E-state index is 3.58. The van der Waals surface area contributed by atoms with Gasteiger partial charge in [0.15, 0.2) is 0 Å². The summed E-state index contributed by atoms with van der Waals surface area (Å²) in [6.45, 7) is 5.46. The molecule has 0 bridgehead atoms. The van der Waals surface area contributed by atoms with Gasteiger partial charge in [-0.3, -0.25) is 4.90 Å². The van der Waals surface area contributed by atoms with Gasteiger partial charge in [-0.1, -0.05) is 58.4 Å². The minimum atomic E-state index is 0.412. The Kier molecular flexibility index (Phi) is 4.73. The lowest BCUT2D eigenvalue weighted by Crippen LogP contribution is -2.46. The van der Waals surface area contributed by atoms with Gasteiger partial charge in [0.25, 0.3) is 0 Å². The van der Waals surface area contributed by atoms with Gasteiger partial charge in [-0.15, -0.1) is 0 Å². The fourth-order valence-corrected chi connectivity index (χ4v) is 3.54. The molecular weight excluding hydrogens is 324 g/mol. The lowest BCUT2D eigenvalue weighted by molar-refractivity contribution is 0.115. The van der Waals surface area contributed by atoms with Crippen LogP contribution in [0.1, 0.15) is 30.1 Å². The van der Waals surface area contributed by atoms with Crippen LogP contribution in [0.2, 0.25) is 0 Å². The Morgan fingerprint density at radius 3 is 2.71 bits per heavy atom. The Hall–Kier alpha value is -1.16. The van der Waals surface area contributed by atoms with Crippen molar-refractivity contribution in [3.8, 4) is 0 Å². The number of hydrogen-bond donors (Lipinski definition) is 1. The van der Waals surface area contributed by atoms with Gasteiger partial charge in [-0.25, -0.2) is 0 Å². The first kappa shape index (κ1) is 14.8. The highest BCUT2D eigenvalue weighted by Gasteiger charge is 2.28. The first-order valence-electron chi connectivity index (χ1n) is 7.52. The molecule has 3 rings (SSSR count). The second-order valence-electron chi connectivity index (χ2n) is 5.60. The van der Waals surface area contributed by atoms with Crippen LogP contribution < -0.4 is 5.32 Å². The van der Waals surface area contributed by atoms with Crippen molar-refractivity contribution in [2.24, 2.45) is 0 Å². The van der Waals surface area contributed by atoms with Crippen LogP contribution >= 0.6 is 15.9 Å². The molecule has 0 radical (unpaired) electrons. The monoisotopic (exact) mass is 344 g/mol. The maximum absolute atomic E-state index is 3.58. The van der Waals surface area contributed by atoms with E-state index in [-0.39, 0.29) is 0 Å². The zero-order valence-corrected chi connectivity index (χ0v) is 13.9. The first-order valence-corrected chi connectivity index (χ1v) is 8.32. The Labute approximate surface area is 135 Å². The van der Waals surface area contributed by atoms with E-state index in [4.69, 9.17) is 0 Å². The van der Waals surface area contributed by atoms with Crippen LogP contribution in [0.5, 0.6) is 0 Å². The van der Waals surface area contributed by atoms with Crippen molar-refractivity contribution >= 4 is 15.9 Å². The number of benzene rings is 2. The molecule has 21 heavy (non-hydrogen) atoms. The average Bonchev–Trinajstić information content (AvgIpc) is 2.55. The molecule has 1 heterocycles. The van der Waals surface area contributed by atoms with Crippen molar-refractivity contribution in [2.75, 3.05) is 19.6 Å². The summed E-state index contributed by atoms with van der Waals surface area (Å²) < 4.78 is 1.15. The quantitative estimate of drug-likeness (QED) is 0.899. The van der Waals surface area contributed by atoms with Gasteiger partial charge in [-0.05, 0) is 30.2 Å². The topological polar surface area (TPSA) is 15.3 Å². The summed E-state index contributed by atoms with van der Waals surface area (Å²) in [6.07, 6.45) is 0.